The number of nitrogens with one attached hydrogen (secondary N) is 2. The quantitative estimate of drug-likeness (QED) is 0.616. The number of rotatable bonds is 5. The number of aliphatic hydroxyl groups is 1. The molecule has 3 rings (SSSR count). The Bertz CT molecular complexity index is 1030. The van der Waals surface area contributed by atoms with Crippen molar-refractivity contribution in [2.45, 2.75) is 19.9 Å². The van der Waals surface area contributed by atoms with Crippen molar-refractivity contribution >= 4 is 17.5 Å². The molecule has 0 spiro atoms. The number of amides is 1. The second-order valence-electron chi connectivity index (χ2n) is 6.13. The molecule has 0 fully saturated rings. The predicted octanol–water partition coefficient (Wildman–Crippen LogP) is 1.70. The van der Waals surface area contributed by atoms with Gasteiger partial charge in [-0.15, -0.1) is 0 Å². The van der Waals surface area contributed by atoms with Gasteiger partial charge >= 0.3 is 0 Å². The molecule has 0 aliphatic rings. The van der Waals surface area contributed by atoms with Crippen LogP contribution in [0.25, 0.3) is 17.1 Å². The van der Waals surface area contributed by atoms with E-state index in [0.29, 0.717) is 16.3 Å². The molecule has 140 valence electrons. The Labute approximate surface area is 159 Å². The van der Waals surface area contributed by atoms with Gasteiger partial charge in [-0.3, -0.25) is 14.7 Å². The molecule has 0 saturated carbocycles. The van der Waals surface area contributed by atoms with E-state index < -0.39 is 17.5 Å². The zero-order chi connectivity index (χ0) is 19.6. The summed E-state index contributed by atoms with van der Waals surface area (Å²) in [7, 11) is 0. The van der Waals surface area contributed by atoms with Gasteiger partial charge in [0.2, 0.25) is 0 Å². The maximum Gasteiger partial charge on any atom is 0.285 e. The largest absolute Gasteiger partial charge is 0.394 e. The molecule has 1 amide bonds. The standard InChI is InChI=1S/C18H18ClN5O3/c1-10-7-16(22-21-10)24-18(27)14(17(26)20-11(2)9-25)8-15(23-24)12-3-5-13(19)6-4-12/h3-8,11,25H,9H2,1-2H3,(H,20,26)(H,21,22). The Morgan fingerprint density at radius 1 is 1.33 bits per heavy atom. The molecular formula is C18H18ClN5O3. The molecule has 0 saturated heterocycles. The van der Waals surface area contributed by atoms with Crippen molar-refractivity contribution in [2.24, 2.45) is 0 Å². The molecular weight excluding hydrogens is 370 g/mol. The molecule has 1 aromatic carbocycles. The summed E-state index contributed by atoms with van der Waals surface area (Å²) >= 11 is 5.93. The number of carbonyl (C=O) groups is 1. The minimum atomic E-state index is -0.609. The maximum atomic E-state index is 12.8. The number of aromatic nitrogens is 4. The van der Waals surface area contributed by atoms with E-state index in [1.54, 1.807) is 44.2 Å². The van der Waals surface area contributed by atoms with Gasteiger partial charge in [0.25, 0.3) is 11.5 Å². The van der Waals surface area contributed by atoms with Gasteiger partial charge in [0, 0.05) is 28.4 Å². The number of H-pyrrole nitrogens is 1. The Balaban J connectivity index is 2.17. The third-order valence-corrected chi connectivity index (χ3v) is 4.11. The molecule has 0 aliphatic carbocycles. The highest BCUT2D eigenvalue weighted by atomic mass is 35.5. The van der Waals surface area contributed by atoms with Gasteiger partial charge in [0.15, 0.2) is 5.82 Å². The van der Waals surface area contributed by atoms with E-state index in [1.165, 1.54) is 6.07 Å². The number of carbonyl (C=O) groups excluding carboxylic acids is 1. The van der Waals surface area contributed by atoms with Gasteiger partial charge in [-0.25, -0.2) is 0 Å². The third kappa shape index (κ3) is 4.07. The van der Waals surface area contributed by atoms with Crippen LogP contribution in [0, 0.1) is 6.92 Å². The van der Waals surface area contributed by atoms with Crippen molar-refractivity contribution in [3.05, 3.63) is 63.0 Å². The van der Waals surface area contributed by atoms with Gasteiger partial charge in [-0.2, -0.15) is 14.9 Å². The monoisotopic (exact) mass is 387 g/mol. The molecule has 3 aromatic rings. The fourth-order valence-electron chi connectivity index (χ4n) is 2.43. The lowest BCUT2D eigenvalue weighted by molar-refractivity contribution is 0.0920. The molecule has 2 aromatic heterocycles. The van der Waals surface area contributed by atoms with E-state index in [4.69, 9.17) is 16.7 Å². The van der Waals surface area contributed by atoms with Crippen LogP contribution < -0.4 is 10.9 Å². The van der Waals surface area contributed by atoms with Crippen LogP contribution in [0.15, 0.2) is 41.2 Å². The summed E-state index contributed by atoms with van der Waals surface area (Å²) in [6, 6.07) is 9.45. The second-order valence-corrected chi connectivity index (χ2v) is 6.57. The Kier molecular flexibility index (Phi) is 5.38. The molecule has 1 atom stereocenters. The van der Waals surface area contributed by atoms with Crippen LogP contribution in [0.5, 0.6) is 0 Å². The van der Waals surface area contributed by atoms with Crippen LogP contribution >= 0.6 is 11.6 Å². The van der Waals surface area contributed by atoms with E-state index in [9.17, 15) is 9.59 Å². The lowest BCUT2D eigenvalue weighted by Crippen LogP contribution is -2.39. The zero-order valence-electron chi connectivity index (χ0n) is 14.7. The summed E-state index contributed by atoms with van der Waals surface area (Å²) in [6.45, 7) is 3.18. The zero-order valence-corrected chi connectivity index (χ0v) is 15.5. The van der Waals surface area contributed by atoms with Crippen LogP contribution in [0.3, 0.4) is 0 Å². The molecule has 8 nitrogen and oxygen atoms in total. The predicted molar refractivity (Wildman–Crippen MR) is 101 cm³/mol. The van der Waals surface area contributed by atoms with Gasteiger partial charge in [-0.1, -0.05) is 23.7 Å². The fraction of sp³-hybridized carbons (Fsp3) is 0.222. The van der Waals surface area contributed by atoms with Crippen LogP contribution in [-0.4, -0.2) is 43.6 Å². The first kappa shape index (κ1) is 18.8. The highest BCUT2D eigenvalue weighted by Crippen LogP contribution is 2.20. The molecule has 3 N–H and O–H groups in total. The average Bonchev–Trinajstić information content (AvgIpc) is 3.08. The first-order valence-corrected chi connectivity index (χ1v) is 8.61. The Hall–Kier alpha value is -2.97. The van der Waals surface area contributed by atoms with Crippen LogP contribution in [0.1, 0.15) is 23.0 Å². The van der Waals surface area contributed by atoms with Crippen molar-refractivity contribution in [3.8, 4) is 17.1 Å². The minimum absolute atomic E-state index is 0.101. The number of aryl methyl sites for hydroxylation is 1. The number of hydrogen-bond donors (Lipinski definition) is 3. The molecule has 0 bridgehead atoms. The van der Waals surface area contributed by atoms with E-state index >= 15 is 0 Å². The molecule has 0 radical (unpaired) electrons. The summed E-state index contributed by atoms with van der Waals surface area (Å²) in [5.74, 6) is -0.322. The SMILES string of the molecule is Cc1cc(-n2nc(-c3ccc(Cl)cc3)cc(C(=O)NC(C)CO)c2=O)n[nH]1. The van der Waals surface area contributed by atoms with Crippen molar-refractivity contribution in [1.82, 2.24) is 25.3 Å². The van der Waals surface area contributed by atoms with E-state index in [2.05, 4.69) is 20.6 Å². The number of halogens is 1. The van der Waals surface area contributed by atoms with Gasteiger partial charge in [0.05, 0.1) is 12.3 Å². The molecule has 9 heteroatoms. The minimum Gasteiger partial charge on any atom is -0.394 e. The fourth-order valence-corrected chi connectivity index (χ4v) is 2.56. The van der Waals surface area contributed by atoms with Crippen molar-refractivity contribution in [3.63, 3.8) is 0 Å². The molecule has 1 unspecified atom stereocenters. The lowest BCUT2D eigenvalue weighted by Gasteiger charge is -2.12. The average molecular weight is 388 g/mol. The smallest absolute Gasteiger partial charge is 0.285 e. The summed E-state index contributed by atoms with van der Waals surface area (Å²) in [5, 5.41) is 23.4. The highest BCUT2D eigenvalue weighted by Gasteiger charge is 2.19. The van der Waals surface area contributed by atoms with Crippen molar-refractivity contribution in [1.29, 1.82) is 0 Å². The van der Waals surface area contributed by atoms with Crippen LogP contribution in [-0.2, 0) is 0 Å². The number of hydrogen-bond acceptors (Lipinski definition) is 5. The molecule has 2 heterocycles. The number of nitrogens with zero attached hydrogens (tertiary/aromatic N) is 3. The Morgan fingerprint density at radius 3 is 2.63 bits per heavy atom. The normalized spacial score (nSPS) is 12.0. The molecule has 0 aliphatic heterocycles. The first-order chi connectivity index (χ1) is 12.9. The molecule has 27 heavy (non-hydrogen) atoms. The van der Waals surface area contributed by atoms with Gasteiger partial charge in [0.1, 0.15) is 5.56 Å². The van der Waals surface area contributed by atoms with Gasteiger partial charge < -0.3 is 10.4 Å². The van der Waals surface area contributed by atoms with Crippen molar-refractivity contribution in [2.75, 3.05) is 6.61 Å². The van der Waals surface area contributed by atoms with Gasteiger partial charge in [-0.05, 0) is 32.0 Å². The summed E-state index contributed by atoms with van der Waals surface area (Å²) in [5.41, 5.74) is 1.13. The van der Waals surface area contributed by atoms with Crippen molar-refractivity contribution < 1.29 is 9.90 Å². The van der Waals surface area contributed by atoms with Crippen LogP contribution in [0.4, 0.5) is 0 Å². The Morgan fingerprint density at radius 2 is 2.04 bits per heavy atom. The van der Waals surface area contributed by atoms with E-state index in [0.717, 1.165) is 10.4 Å². The highest BCUT2D eigenvalue weighted by molar-refractivity contribution is 6.30. The summed E-state index contributed by atoms with van der Waals surface area (Å²) in [4.78, 5) is 25.4. The summed E-state index contributed by atoms with van der Waals surface area (Å²) in [6.07, 6.45) is 0. The third-order valence-electron chi connectivity index (χ3n) is 3.86. The second kappa shape index (κ2) is 7.73. The summed E-state index contributed by atoms with van der Waals surface area (Å²) < 4.78 is 1.08. The van der Waals surface area contributed by atoms with E-state index in [-0.39, 0.29) is 18.0 Å². The first-order valence-electron chi connectivity index (χ1n) is 8.23. The topological polar surface area (TPSA) is 113 Å². The number of aliphatic hydroxyl groups excluding tert-OH is 1. The van der Waals surface area contributed by atoms with Crippen LogP contribution in [0.2, 0.25) is 5.02 Å². The number of benzene rings is 1. The maximum absolute atomic E-state index is 12.8. The van der Waals surface area contributed by atoms with E-state index in [1.807, 2.05) is 0 Å². The lowest BCUT2D eigenvalue weighted by atomic mass is 10.1. The number of aromatic amines is 1.